The molecule has 3 N–H and O–H groups in total. The van der Waals surface area contributed by atoms with E-state index in [9.17, 15) is 4.79 Å². The third-order valence-electron chi connectivity index (χ3n) is 3.06. The van der Waals surface area contributed by atoms with Crippen molar-refractivity contribution >= 4 is 17.6 Å². The molecule has 1 aromatic rings. The van der Waals surface area contributed by atoms with Crippen molar-refractivity contribution in [2.45, 2.75) is 60.0 Å². The lowest BCUT2D eigenvalue weighted by Gasteiger charge is -2.23. The van der Waals surface area contributed by atoms with Crippen LogP contribution in [0.4, 0.5) is 5.69 Å². The van der Waals surface area contributed by atoms with Crippen molar-refractivity contribution in [1.82, 2.24) is 10.6 Å². The van der Waals surface area contributed by atoms with Gasteiger partial charge < -0.3 is 16.0 Å². The predicted molar refractivity (Wildman–Crippen MR) is 102 cm³/mol. The minimum Gasteiger partial charge on any atom is -0.357 e. The molecule has 0 spiro atoms. The lowest BCUT2D eigenvalue weighted by atomic mass is 10.1. The Morgan fingerprint density at radius 2 is 1.96 bits per heavy atom. The minimum atomic E-state index is -0.0479. The summed E-state index contributed by atoms with van der Waals surface area (Å²) >= 11 is 0. The Balaban J connectivity index is 2.74. The quantitative estimate of drug-likeness (QED) is 0.551. The van der Waals surface area contributed by atoms with Gasteiger partial charge in [-0.2, -0.15) is 0 Å². The first-order chi connectivity index (χ1) is 11.2. The van der Waals surface area contributed by atoms with E-state index in [1.54, 1.807) is 0 Å². The van der Waals surface area contributed by atoms with E-state index in [0.717, 1.165) is 23.8 Å². The normalized spacial score (nSPS) is 12.2. The SMILES string of the molecule is CCNC(=NCc1cccc(NC(=O)CC(C)C)c1)NC(C)(C)C. The summed E-state index contributed by atoms with van der Waals surface area (Å²) in [5.74, 6) is 1.19. The van der Waals surface area contributed by atoms with E-state index in [1.807, 2.05) is 45.0 Å². The molecule has 0 aliphatic rings. The fourth-order valence-electron chi connectivity index (χ4n) is 2.16. The molecule has 0 heterocycles. The van der Waals surface area contributed by atoms with Gasteiger partial charge in [-0.3, -0.25) is 4.79 Å². The van der Waals surface area contributed by atoms with Crippen LogP contribution in [0.25, 0.3) is 0 Å². The Bertz CT molecular complexity index is 559. The van der Waals surface area contributed by atoms with Crippen molar-refractivity contribution in [3.8, 4) is 0 Å². The van der Waals surface area contributed by atoms with Gasteiger partial charge in [0, 0.05) is 24.2 Å². The average molecular weight is 332 g/mol. The van der Waals surface area contributed by atoms with Crippen LogP contribution in [0.1, 0.15) is 53.5 Å². The molecular weight excluding hydrogens is 300 g/mol. The summed E-state index contributed by atoms with van der Waals surface area (Å²) in [5, 5.41) is 9.56. The molecule has 0 unspecified atom stereocenters. The van der Waals surface area contributed by atoms with Crippen LogP contribution in [-0.4, -0.2) is 24.0 Å². The number of amides is 1. The molecule has 24 heavy (non-hydrogen) atoms. The molecule has 1 amide bonds. The van der Waals surface area contributed by atoms with Crippen molar-refractivity contribution < 1.29 is 4.79 Å². The summed E-state index contributed by atoms with van der Waals surface area (Å²) in [6.45, 7) is 13.8. The van der Waals surface area contributed by atoms with E-state index < -0.39 is 0 Å². The summed E-state index contributed by atoms with van der Waals surface area (Å²) < 4.78 is 0. The van der Waals surface area contributed by atoms with Crippen LogP contribution in [0.5, 0.6) is 0 Å². The van der Waals surface area contributed by atoms with Gasteiger partial charge in [0.05, 0.1) is 6.54 Å². The van der Waals surface area contributed by atoms with Gasteiger partial charge in [-0.1, -0.05) is 26.0 Å². The van der Waals surface area contributed by atoms with E-state index in [0.29, 0.717) is 18.9 Å². The lowest BCUT2D eigenvalue weighted by molar-refractivity contribution is -0.116. The van der Waals surface area contributed by atoms with Gasteiger partial charge in [0.15, 0.2) is 5.96 Å². The molecule has 0 atom stereocenters. The van der Waals surface area contributed by atoms with Gasteiger partial charge in [-0.25, -0.2) is 4.99 Å². The first-order valence-electron chi connectivity index (χ1n) is 8.65. The lowest BCUT2D eigenvalue weighted by Crippen LogP contribution is -2.47. The minimum absolute atomic E-state index is 0.0479. The van der Waals surface area contributed by atoms with E-state index >= 15 is 0 Å². The van der Waals surface area contributed by atoms with Crippen LogP contribution in [0.3, 0.4) is 0 Å². The number of rotatable bonds is 6. The van der Waals surface area contributed by atoms with Crippen molar-refractivity contribution in [3.05, 3.63) is 29.8 Å². The summed E-state index contributed by atoms with van der Waals surface area (Å²) in [4.78, 5) is 16.5. The number of nitrogens with zero attached hydrogens (tertiary/aromatic N) is 1. The molecule has 1 rings (SSSR count). The van der Waals surface area contributed by atoms with Gasteiger partial charge in [0.25, 0.3) is 0 Å². The second kappa shape index (κ2) is 9.30. The predicted octanol–water partition coefficient (Wildman–Crippen LogP) is 3.52. The Hall–Kier alpha value is -2.04. The van der Waals surface area contributed by atoms with Gasteiger partial charge in [-0.05, 0) is 51.3 Å². The number of hydrogen-bond acceptors (Lipinski definition) is 2. The van der Waals surface area contributed by atoms with Gasteiger partial charge in [0.1, 0.15) is 0 Å². The third-order valence-corrected chi connectivity index (χ3v) is 3.06. The number of aliphatic imine (C=N–C) groups is 1. The van der Waals surface area contributed by atoms with Crippen LogP contribution in [-0.2, 0) is 11.3 Å². The maximum absolute atomic E-state index is 11.9. The first kappa shape index (κ1) is 20.0. The topological polar surface area (TPSA) is 65.5 Å². The number of carbonyl (C=O) groups is 1. The third kappa shape index (κ3) is 8.56. The smallest absolute Gasteiger partial charge is 0.224 e. The van der Waals surface area contributed by atoms with Crippen LogP contribution in [0.2, 0.25) is 0 Å². The van der Waals surface area contributed by atoms with Crippen LogP contribution in [0.15, 0.2) is 29.3 Å². The molecule has 1 aromatic carbocycles. The second-order valence-corrected chi connectivity index (χ2v) is 7.42. The molecular formula is C19H32N4O. The highest BCUT2D eigenvalue weighted by Gasteiger charge is 2.11. The highest BCUT2D eigenvalue weighted by Crippen LogP contribution is 2.13. The summed E-state index contributed by atoms with van der Waals surface area (Å²) in [6, 6.07) is 7.84. The Labute approximate surface area is 146 Å². The molecule has 134 valence electrons. The molecule has 5 nitrogen and oxygen atoms in total. The molecule has 0 aliphatic heterocycles. The monoisotopic (exact) mass is 332 g/mol. The largest absolute Gasteiger partial charge is 0.357 e. The molecule has 0 saturated heterocycles. The number of nitrogens with one attached hydrogen (secondary N) is 3. The summed E-state index contributed by atoms with van der Waals surface area (Å²) in [5.41, 5.74) is 1.83. The van der Waals surface area contributed by atoms with E-state index in [1.165, 1.54) is 0 Å². The summed E-state index contributed by atoms with van der Waals surface area (Å²) in [7, 11) is 0. The zero-order valence-corrected chi connectivity index (χ0v) is 15.9. The van der Waals surface area contributed by atoms with Crippen LogP contribution >= 0.6 is 0 Å². The standard InChI is InChI=1S/C19H32N4O/c1-7-20-18(23-19(4,5)6)21-13-15-9-8-10-16(12-15)22-17(24)11-14(2)3/h8-10,12,14H,7,11,13H2,1-6H3,(H,22,24)(H2,20,21,23). The Morgan fingerprint density at radius 1 is 1.25 bits per heavy atom. The number of guanidine groups is 1. The fourth-order valence-corrected chi connectivity index (χ4v) is 2.16. The van der Waals surface area contributed by atoms with Gasteiger partial charge >= 0.3 is 0 Å². The molecule has 5 heteroatoms. The van der Waals surface area contributed by atoms with E-state index in [4.69, 9.17) is 0 Å². The fraction of sp³-hybridized carbons (Fsp3) is 0.579. The molecule has 0 aromatic heterocycles. The zero-order chi connectivity index (χ0) is 18.2. The van der Waals surface area contributed by atoms with Gasteiger partial charge in [0.2, 0.25) is 5.91 Å². The number of anilines is 1. The number of carbonyl (C=O) groups excluding carboxylic acids is 1. The van der Waals surface area contributed by atoms with Gasteiger partial charge in [-0.15, -0.1) is 0 Å². The highest BCUT2D eigenvalue weighted by atomic mass is 16.1. The Morgan fingerprint density at radius 3 is 2.54 bits per heavy atom. The first-order valence-corrected chi connectivity index (χ1v) is 8.65. The highest BCUT2D eigenvalue weighted by molar-refractivity contribution is 5.90. The number of benzene rings is 1. The molecule has 0 bridgehead atoms. The summed E-state index contributed by atoms with van der Waals surface area (Å²) in [6.07, 6.45) is 0.530. The molecule has 0 aliphatic carbocycles. The van der Waals surface area contributed by atoms with Crippen molar-refractivity contribution in [3.63, 3.8) is 0 Å². The second-order valence-electron chi connectivity index (χ2n) is 7.42. The van der Waals surface area contributed by atoms with Crippen molar-refractivity contribution in [1.29, 1.82) is 0 Å². The number of hydrogen-bond donors (Lipinski definition) is 3. The zero-order valence-electron chi connectivity index (χ0n) is 15.9. The van der Waals surface area contributed by atoms with Crippen molar-refractivity contribution in [2.75, 3.05) is 11.9 Å². The molecule has 0 fully saturated rings. The molecule has 0 radical (unpaired) electrons. The maximum atomic E-state index is 11.9. The van der Waals surface area contributed by atoms with E-state index in [-0.39, 0.29) is 11.4 Å². The van der Waals surface area contributed by atoms with Crippen molar-refractivity contribution in [2.24, 2.45) is 10.9 Å². The average Bonchev–Trinajstić information content (AvgIpc) is 2.43. The van der Waals surface area contributed by atoms with E-state index in [2.05, 4.69) is 41.7 Å². The molecule has 0 saturated carbocycles. The van der Waals surface area contributed by atoms with Crippen LogP contribution in [0, 0.1) is 5.92 Å². The maximum Gasteiger partial charge on any atom is 0.224 e. The Kier molecular flexibility index (Phi) is 7.75. The van der Waals surface area contributed by atoms with Crippen LogP contribution < -0.4 is 16.0 Å².